The molecule has 2 fully saturated rings. The Morgan fingerprint density at radius 1 is 1.17 bits per heavy atom. The van der Waals surface area contributed by atoms with Crippen LogP contribution in [-0.4, -0.2) is 50.6 Å². The van der Waals surface area contributed by atoms with E-state index in [9.17, 15) is 9.18 Å². The Morgan fingerprint density at radius 2 is 1.90 bits per heavy atom. The number of ether oxygens (including phenoxy) is 2. The fourth-order valence-corrected chi connectivity index (χ4v) is 4.44. The van der Waals surface area contributed by atoms with Crippen molar-refractivity contribution in [1.82, 2.24) is 10.6 Å². The molecule has 0 bridgehead atoms. The lowest BCUT2D eigenvalue weighted by atomic mass is 9.88. The fourth-order valence-electron chi connectivity index (χ4n) is 4.44. The van der Waals surface area contributed by atoms with Gasteiger partial charge in [0.15, 0.2) is 0 Å². The molecule has 2 aliphatic rings. The van der Waals surface area contributed by atoms with Crippen LogP contribution in [0.5, 0.6) is 0 Å². The van der Waals surface area contributed by atoms with Crippen molar-refractivity contribution in [3.8, 4) is 0 Å². The Labute approximate surface area is 179 Å². The number of morpholine rings is 1. The number of carbonyl (C=O) groups is 1. The quantitative estimate of drug-likeness (QED) is 0.657. The van der Waals surface area contributed by atoms with Crippen molar-refractivity contribution >= 4 is 11.7 Å². The summed E-state index contributed by atoms with van der Waals surface area (Å²) in [6.45, 7) is 8.83. The Morgan fingerprint density at radius 3 is 2.60 bits per heavy atom. The van der Waals surface area contributed by atoms with Crippen LogP contribution in [0.25, 0.3) is 0 Å². The summed E-state index contributed by atoms with van der Waals surface area (Å²) in [7, 11) is 0. The van der Waals surface area contributed by atoms with Crippen LogP contribution in [0.15, 0.2) is 18.2 Å². The van der Waals surface area contributed by atoms with Crippen molar-refractivity contribution in [2.75, 3.05) is 31.1 Å². The van der Waals surface area contributed by atoms with Crippen LogP contribution < -0.4 is 15.5 Å². The van der Waals surface area contributed by atoms with Gasteiger partial charge >= 0.3 is 6.03 Å². The molecular weight excluding hydrogens is 385 g/mol. The van der Waals surface area contributed by atoms with Gasteiger partial charge < -0.3 is 25.0 Å². The zero-order chi connectivity index (χ0) is 21.5. The van der Waals surface area contributed by atoms with Gasteiger partial charge in [-0.25, -0.2) is 9.18 Å². The summed E-state index contributed by atoms with van der Waals surface area (Å²) >= 11 is 0. The monoisotopic (exact) mass is 421 g/mol. The van der Waals surface area contributed by atoms with Crippen LogP contribution in [0, 0.1) is 11.7 Å². The Bertz CT molecular complexity index is 692. The van der Waals surface area contributed by atoms with Gasteiger partial charge in [0.2, 0.25) is 0 Å². The largest absolute Gasteiger partial charge is 0.376 e. The molecule has 1 aliphatic heterocycles. The minimum absolute atomic E-state index is 0.0727. The molecule has 2 N–H and O–H groups in total. The summed E-state index contributed by atoms with van der Waals surface area (Å²) in [4.78, 5) is 14.0. The third-order valence-electron chi connectivity index (χ3n) is 5.98. The van der Waals surface area contributed by atoms with Gasteiger partial charge in [-0.3, -0.25) is 0 Å². The van der Waals surface area contributed by atoms with E-state index < -0.39 is 0 Å². The predicted molar refractivity (Wildman–Crippen MR) is 116 cm³/mol. The van der Waals surface area contributed by atoms with Crippen molar-refractivity contribution in [3.63, 3.8) is 0 Å². The standard InChI is InChI=1S/C23H36FN3O3/c1-16-6-4-5-7-22(16)29-11-10-25-23(28)26-13-19-8-9-21(20(24)12-19)27-14-17(2)30-18(3)15-27/h8-9,12,16-18,22H,4-7,10-11,13-15H2,1-3H3,(H2,25,26,28). The molecule has 1 aromatic rings. The minimum Gasteiger partial charge on any atom is -0.376 e. The number of urea groups is 1. The summed E-state index contributed by atoms with van der Waals surface area (Å²) in [5, 5.41) is 5.58. The van der Waals surface area contributed by atoms with Crippen molar-refractivity contribution in [3.05, 3.63) is 29.6 Å². The van der Waals surface area contributed by atoms with Gasteiger partial charge in [0.25, 0.3) is 0 Å². The van der Waals surface area contributed by atoms with E-state index in [1.807, 2.05) is 24.8 Å². The number of hydrogen-bond acceptors (Lipinski definition) is 4. The highest BCUT2D eigenvalue weighted by atomic mass is 19.1. The molecule has 4 atom stereocenters. The molecule has 1 aromatic carbocycles. The normalized spacial score (nSPS) is 27.0. The first-order chi connectivity index (χ1) is 14.4. The number of hydrogen-bond donors (Lipinski definition) is 2. The van der Waals surface area contributed by atoms with E-state index >= 15 is 0 Å². The predicted octanol–water partition coefficient (Wildman–Crippen LogP) is 3.83. The summed E-state index contributed by atoms with van der Waals surface area (Å²) < 4.78 is 26.3. The fraction of sp³-hybridized carbons (Fsp3) is 0.696. The average Bonchev–Trinajstić information content (AvgIpc) is 2.70. The smallest absolute Gasteiger partial charge is 0.315 e. The third kappa shape index (κ3) is 6.57. The van der Waals surface area contributed by atoms with Crippen molar-refractivity contribution in [2.24, 2.45) is 5.92 Å². The molecule has 1 saturated carbocycles. The molecule has 30 heavy (non-hydrogen) atoms. The Hall–Kier alpha value is -1.86. The highest BCUT2D eigenvalue weighted by molar-refractivity contribution is 5.73. The number of nitrogens with one attached hydrogen (secondary N) is 2. The second-order valence-electron chi connectivity index (χ2n) is 8.73. The summed E-state index contributed by atoms with van der Waals surface area (Å²) in [5.41, 5.74) is 1.31. The molecule has 1 heterocycles. The van der Waals surface area contributed by atoms with Gasteiger partial charge in [0.1, 0.15) is 5.82 Å². The molecule has 2 amide bonds. The lowest BCUT2D eigenvalue weighted by Crippen LogP contribution is -2.45. The summed E-state index contributed by atoms with van der Waals surface area (Å²) in [5.74, 6) is 0.320. The van der Waals surface area contributed by atoms with Crippen molar-refractivity contribution in [2.45, 2.75) is 71.3 Å². The number of benzene rings is 1. The van der Waals surface area contributed by atoms with E-state index in [0.717, 1.165) is 12.0 Å². The molecule has 168 valence electrons. The number of amides is 2. The molecule has 1 aliphatic carbocycles. The van der Waals surface area contributed by atoms with Gasteiger partial charge in [-0.2, -0.15) is 0 Å². The lowest BCUT2D eigenvalue weighted by Gasteiger charge is -2.37. The molecule has 0 aromatic heterocycles. The molecule has 3 rings (SSSR count). The zero-order valence-electron chi connectivity index (χ0n) is 18.5. The van der Waals surface area contributed by atoms with Crippen LogP contribution in [0.1, 0.15) is 52.0 Å². The lowest BCUT2D eigenvalue weighted by molar-refractivity contribution is -0.00539. The maximum absolute atomic E-state index is 14.6. The maximum atomic E-state index is 14.6. The van der Waals surface area contributed by atoms with Crippen LogP contribution in [0.2, 0.25) is 0 Å². The molecule has 0 spiro atoms. The molecule has 1 saturated heterocycles. The van der Waals surface area contributed by atoms with Crippen LogP contribution in [0.3, 0.4) is 0 Å². The van der Waals surface area contributed by atoms with Crippen molar-refractivity contribution in [1.29, 1.82) is 0 Å². The highest BCUT2D eigenvalue weighted by Crippen LogP contribution is 2.26. The summed E-state index contributed by atoms with van der Waals surface area (Å²) in [6, 6.07) is 4.87. The Kier molecular flexibility index (Phi) is 8.33. The van der Waals surface area contributed by atoms with Crippen molar-refractivity contribution < 1.29 is 18.7 Å². The van der Waals surface area contributed by atoms with Gasteiger partial charge in [-0.15, -0.1) is 0 Å². The SMILES string of the molecule is CC1CN(c2ccc(CNC(=O)NCCOC3CCCCC3C)cc2F)CC(C)O1. The third-order valence-corrected chi connectivity index (χ3v) is 5.98. The van der Waals surface area contributed by atoms with Crippen LogP contribution >= 0.6 is 0 Å². The first kappa shape index (κ1) is 22.8. The number of halogens is 1. The number of rotatable bonds is 7. The molecule has 0 radical (unpaired) electrons. The van der Waals surface area contributed by atoms with Crippen LogP contribution in [-0.2, 0) is 16.0 Å². The first-order valence-corrected chi connectivity index (χ1v) is 11.2. The van der Waals surface area contributed by atoms with E-state index in [2.05, 4.69) is 17.6 Å². The van der Waals surface area contributed by atoms with E-state index in [4.69, 9.17) is 9.47 Å². The molecule has 6 nitrogen and oxygen atoms in total. The van der Waals surface area contributed by atoms with E-state index in [1.165, 1.54) is 25.3 Å². The van der Waals surface area contributed by atoms with Gasteiger partial charge in [-0.1, -0.05) is 25.8 Å². The Balaban J connectivity index is 1.39. The molecule has 7 heteroatoms. The van der Waals surface area contributed by atoms with Gasteiger partial charge in [-0.05, 0) is 50.3 Å². The number of carbonyl (C=O) groups excluding carboxylic acids is 1. The highest BCUT2D eigenvalue weighted by Gasteiger charge is 2.24. The maximum Gasteiger partial charge on any atom is 0.315 e. The zero-order valence-corrected chi connectivity index (χ0v) is 18.5. The topological polar surface area (TPSA) is 62.8 Å². The molecule has 4 unspecified atom stereocenters. The van der Waals surface area contributed by atoms with Gasteiger partial charge in [0.05, 0.1) is 30.6 Å². The number of nitrogens with zero attached hydrogens (tertiary/aromatic N) is 1. The van der Waals surface area contributed by atoms with E-state index in [1.54, 1.807) is 6.07 Å². The summed E-state index contributed by atoms with van der Waals surface area (Å²) in [6.07, 6.45) is 5.29. The second-order valence-corrected chi connectivity index (χ2v) is 8.73. The second kappa shape index (κ2) is 11.0. The number of anilines is 1. The van der Waals surface area contributed by atoms with Crippen LogP contribution in [0.4, 0.5) is 14.9 Å². The minimum atomic E-state index is -0.272. The van der Waals surface area contributed by atoms with Gasteiger partial charge in [0, 0.05) is 26.2 Å². The van der Waals surface area contributed by atoms with E-state index in [0.29, 0.717) is 44.0 Å². The average molecular weight is 422 g/mol. The molecular formula is C23H36FN3O3. The first-order valence-electron chi connectivity index (χ1n) is 11.2. The van der Waals surface area contributed by atoms with E-state index in [-0.39, 0.29) is 30.6 Å².